The van der Waals surface area contributed by atoms with Gasteiger partial charge in [0.25, 0.3) is 0 Å². The van der Waals surface area contributed by atoms with Gasteiger partial charge in [-0.15, -0.1) is 0 Å². The van der Waals surface area contributed by atoms with Gasteiger partial charge in [-0.25, -0.2) is 0 Å². The van der Waals surface area contributed by atoms with Crippen molar-refractivity contribution < 1.29 is 4.74 Å². The van der Waals surface area contributed by atoms with Crippen LogP contribution in [-0.4, -0.2) is 28.6 Å². The SMILES string of the molecule is CSC1CCCC1Nc1ccc(N)c(OC(C)C)n1. The fourth-order valence-corrected chi connectivity index (χ4v) is 3.35. The summed E-state index contributed by atoms with van der Waals surface area (Å²) in [7, 11) is 0. The van der Waals surface area contributed by atoms with Crippen LogP contribution >= 0.6 is 11.8 Å². The van der Waals surface area contributed by atoms with Crippen molar-refractivity contribution >= 4 is 23.3 Å². The molecule has 0 aromatic carbocycles. The molecule has 3 N–H and O–H groups in total. The Morgan fingerprint density at radius 1 is 1.42 bits per heavy atom. The highest BCUT2D eigenvalue weighted by atomic mass is 32.2. The van der Waals surface area contributed by atoms with Gasteiger partial charge in [0.2, 0.25) is 5.88 Å². The average molecular weight is 281 g/mol. The Morgan fingerprint density at radius 3 is 2.89 bits per heavy atom. The average Bonchev–Trinajstić information content (AvgIpc) is 2.80. The fraction of sp³-hybridized carbons (Fsp3) is 0.643. The van der Waals surface area contributed by atoms with Crippen LogP contribution in [0.15, 0.2) is 12.1 Å². The number of nitrogens with zero attached hydrogens (tertiary/aromatic N) is 1. The van der Waals surface area contributed by atoms with Crippen molar-refractivity contribution in [3.05, 3.63) is 12.1 Å². The first-order valence-electron chi connectivity index (χ1n) is 6.82. The van der Waals surface area contributed by atoms with E-state index in [4.69, 9.17) is 10.5 Å². The number of pyridine rings is 1. The summed E-state index contributed by atoms with van der Waals surface area (Å²) < 4.78 is 5.62. The molecule has 2 rings (SSSR count). The van der Waals surface area contributed by atoms with E-state index in [9.17, 15) is 0 Å². The predicted molar refractivity (Wildman–Crippen MR) is 83.0 cm³/mol. The highest BCUT2D eigenvalue weighted by Crippen LogP contribution is 2.31. The van der Waals surface area contributed by atoms with E-state index in [1.807, 2.05) is 37.7 Å². The van der Waals surface area contributed by atoms with Gasteiger partial charge in [-0.1, -0.05) is 6.42 Å². The molecule has 1 saturated carbocycles. The zero-order valence-electron chi connectivity index (χ0n) is 11.8. The van der Waals surface area contributed by atoms with Crippen LogP contribution in [0.25, 0.3) is 0 Å². The predicted octanol–water partition coefficient (Wildman–Crippen LogP) is 3.15. The number of anilines is 2. The van der Waals surface area contributed by atoms with Crippen LogP contribution in [0.2, 0.25) is 0 Å². The number of nitrogen functional groups attached to an aromatic ring is 1. The van der Waals surface area contributed by atoms with Crippen LogP contribution in [0.1, 0.15) is 33.1 Å². The summed E-state index contributed by atoms with van der Waals surface area (Å²) in [4.78, 5) is 4.48. The first-order valence-corrected chi connectivity index (χ1v) is 8.11. The minimum absolute atomic E-state index is 0.0791. The first kappa shape index (κ1) is 14.3. The maximum absolute atomic E-state index is 5.88. The lowest BCUT2D eigenvalue weighted by Gasteiger charge is -2.20. The van der Waals surface area contributed by atoms with Gasteiger partial charge in [0.05, 0.1) is 11.8 Å². The molecule has 1 fully saturated rings. The minimum atomic E-state index is 0.0791. The molecule has 0 saturated heterocycles. The molecule has 19 heavy (non-hydrogen) atoms. The van der Waals surface area contributed by atoms with Crippen LogP contribution in [0, 0.1) is 0 Å². The zero-order valence-corrected chi connectivity index (χ0v) is 12.7. The normalized spacial score (nSPS) is 22.7. The molecule has 0 bridgehead atoms. The lowest BCUT2D eigenvalue weighted by atomic mass is 10.2. The molecule has 0 spiro atoms. The van der Waals surface area contributed by atoms with Gasteiger partial charge < -0.3 is 15.8 Å². The summed E-state index contributed by atoms with van der Waals surface area (Å²) in [6.45, 7) is 3.95. The highest BCUT2D eigenvalue weighted by molar-refractivity contribution is 7.99. The third-order valence-electron chi connectivity index (χ3n) is 3.33. The summed E-state index contributed by atoms with van der Waals surface area (Å²) in [6.07, 6.45) is 6.03. The number of rotatable bonds is 5. The molecule has 1 aliphatic carbocycles. The van der Waals surface area contributed by atoms with Gasteiger partial charge in [-0.2, -0.15) is 16.7 Å². The van der Waals surface area contributed by atoms with Gasteiger partial charge in [-0.3, -0.25) is 0 Å². The number of ether oxygens (including phenoxy) is 1. The molecule has 0 radical (unpaired) electrons. The number of nitrogens with one attached hydrogen (secondary N) is 1. The third-order valence-corrected chi connectivity index (χ3v) is 4.50. The first-order chi connectivity index (χ1) is 9.10. The molecule has 1 aromatic rings. The second-order valence-corrected chi connectivity index (χ2v) is 6.29. The van der Waals surface area contributed by atoms with E-state index in [2.05, 4.69) is 16.6 Å². The maximum atomic E-state index is 5.88. The monoisotopic (exact) mass is 281 g/mol. The summed E-state index contributed by atoms with van der Waals surface area (Å²) >= 11 is 1.93. The van der Waals surface area contributed by atoms with Crippen LogP contribution < -0.4 is 15.8 Å². The summed E-state index contributed by atoms with van der Waals surface area (Å²) in [5.74, 6) is 1.38. The van der Waals surface area contributed by atoms with E-state index in [1.165, 1.54) is 19.3 Å². The lowest BCUT2D eigenvalue weighted by Crippen LogP contribution is -2.26. The number of nitrogens with two attached hydrogens (primary N) is 1. The Bertz CT molecular complexity index is 425. The molecule has 0 aliphatic heterocycles. The Balaban J connectivity index is 2.08. The standard InChI is InChI=1S/C14H23N3OS/c1-9(2)18-14-10(15)7-8-13(17-14)16-11-5-4-6-12(11)19-3/h7-9,11-12H,4-6,15H2,1-3H3,(H,16,17). The molecule has 5 heteroatoms. The summed E-state index contributed by atoms with van der Waals surface area (Å²) in [5, 5.41) is 4.19. The second kappa shape index (κ2) is 6.37. The van der Waals surface area contributed by atoms with Crippen molar-refractivity contribution in [2.75, 3.05) is 17.3 Å². The van der Waals surface area contributed by atoms with Crippen molar-refractivity contribution in [1.29, 1.82) is 0 Å². The van der Waals surface area contributed by atoms with Crippen LogP contribution in [0.4, 0.5) is 11.5 Å². The van der Waals surface area contributed by atoms with Gasteiger partial charge in [-0.05, 0) is 45.1 Å². The highest BCUT2D eigenvalue weighted by Gasteiger charge is 2.26. The molecular weight excluding hydrogens is 258 g/mol. The van der Waals surface area contributed by atoms with E-state index < -0.39 is 0 Å². The molecular formula is C14H23N3OS. The van der Waals surface area contributed by atoms with E-state index in [0.717, 1.165) is 5.82 Å². The van der Waals surface area contributed by atoms with Crippen LogP contribution in [0.3, 0.4) is 0 Å². The van der Waals surface area contributed by atoms with E-state index >= 15 is 0 Å². The number of aromatic nitrogens is 1. The fourth-order valence-electron chi connectivity index (χ4n) is 2.41. The largest absolute Gasteiger partial charge is 0.473 e. The third kappa shape index (κ3) is 3.69. The molecule has 106 valence electrons. The summed E-state index contributed by atoms with van der Waals surface area (Å²) in [5.41, 5.74) is 6.47. The van der Waals surface area contributed by atoms with Crippen molar-refractivity contribution in [3.63, 3.8) is 0 Å². The van der Waals surface area contributed by atoms with Crippen LogP contribution in [-0.2, 0) is 0 Å². The maximum Gasteiger partial charge on any atom is 0.239 e. The smallest absolute Gasteiger partial charge is 0.239 e. The summed E-state index contributed by atoms with van der Waals surface area (Å²) in [6, 6.07) is 4.28. The number of hydrogen-bond donors (Lipinski definition) is 2. The second-order valence-electron chi connectivity index (χ2n) is 5.21. The van der Waals surface area contributed by atoms with Crippen molar-refractivity contribution in [3.8, 4) is 5.88 Å². The Kier molecular flexibility index (Phi) is 4.80. The topological polar surface area (TPSA) is 60.2 Å². The Labute approximate surface area is 119 Å². The molecule has 4 nitrogen and oxygen atoms in total. The molecule has 1 aliphatic rings. The van der Waals surface area contributed by atoms with E-state index in [-0.39, 0.29) is 6.10 Å². The van der Waals surface area contributed by atoms with Crippen molar-refractivity contribution in [2.24, 2.45) is 0 Å². The van der Waals surface area contributed by atoms with Gasteiger partial charge >= 0.3 is 0 Å². The van der Waals surface area contributed by atoms with Gasteiger partial charge in [0.1, 0.15) is 5.82 Å². The van der Waals surface area contributed by atoms with Gasteiger partial charge in [0, 0.05) is 11.3 Å². The molecule has 1 aromatic heterocycles. The molecule has 2 atom stereocenters. The molecule has 0 amide bonds. The minimum Gasteiger partial charge on any atom is -0.473 e. The Hall–Kier alpha value is -1.10. The van der Waals surface area contributed by atoms with E-state index in [1.54, 1.807) is 0 Å². The van der Waals surface area contributed by atoms with E-state index in [0.29, 0.717) is 22.9 Å². The van der Waals surface area contributed by atoms with Crippen molar-refractivity contribution in [2.45, 2.75) is 50.5 Å². The van der Waals surface area contributed by atoms with Crippen molar-refractivity contribution in [1.82, 2.24) is 4.98 Å². The number of hydrogen-bond acceptors (Lipinski definition) is 5. The Morgan fingerprint density at radius 2 is 2.21 bits per heavy atom. The molecule has 1 heterocycles. The van der Waals surface area contributed by atoms with Gasteiger partial charge in [0.15, 0.2) is 0 Å². The number of thioether (sulfide) groups is 1. The quantitative estimate of drug-likeness (QED) is 0.868. The van der Waals surface area contributed by atoms with Crippen LogP contribution in [0.5, 0.6) is 5.88 Å². The molecule has 2 unspecified atom stereocenters. The lowest BCUT2D eigenvalue weighted by molar-refractivity contribution is 0.234. The zero-order chi connectivity index (χ0) is 13.8.